The van der Waals surface area contributed by atoms with Crippen LogP contribution in [0.25, 0.3) is 11.1 Å². The maximum absolute atomic E-state index is 13.8. The fourth-order valence-electron chi connectivity index (χ4n) is 3.91. The second-order valence-electron chi connectivity index (χ2n) is 8.04. The van der Waals surface area contributed by atoms with Gasteiger partial charge >= 0.3 is 0 Å². The van der Waals surface area contributed by atoms with Gasteiger partial charge in [-0.3, -0.25) is 19.1 Å². The molecule has 0 bridgehead atoms. The minimum Gasteiger partial charge on any atom is -0.322 e. The number of nitrogens with one attached hydrogen (secondary N) is 2. The quantitative estimate of drug-likeness (QED) is 0.393. The van der Waals surface area contributed by atoms with Gasteiger partial charge in [-0.25, -0.2) is 13.9 Å². The van der Waals surface area contributed by atoms with E-state index in [9.17, 15) is 18.0 Å². The second kappa shape index (κ2) is 8.68. The molecule has 1 aliphatic heterocycles. The number of amides is 2. The average Bonchev–Trinajstić information content (AvgIpc) is 2.82. The number of benzene rings is 3. The molecule has 33 heavy (non-hydrogen) atoms. The van der Waals surface area contributed by atoms with Crippen LogP contribution in [0.2, 0.25) is 0 Å². The van der Waals surface area contributed by atoms with Gasteiger partial charge in [-0.15, -0.1) is 0 Å². The zero-order chi connectivity index (χ0) is 23.8. The van der Waals surface area contributed by atoms with Crippen LogP contribution in [0.1, 0.15) is 24.2 Å². The number of anilines is 2. The van der Waals surface area contributed by atoms with Crippen molar-refractivity contribution in [2.75, 3.05) is 9.62 Å². The molecule has 4 rings (SSSR count). The molecule has 0 fully saturated rings. The Morgan fingerprint density at radius 1 is 1.00 bits per heavy atom. The molecular formula is C24H23N3O5S. The number of sulfonamides is 1. The monoisotopic (exact) mass is 465 g/mol. The normalized spacial score (nSPS) is 15.7. The van der Waals surface area contributed by atoms with Crippen molar-refractivity contribution < 1.29 is 23.2 Å². The molecule has 0 aliphatic carbocycles. The van der Waals surface area contributed by atoms with Gasteiger partial charge in [0.15, 0.2) is 0 Å². The Morgan fingerprint density at radius 3 is 2.24 bits per heavy atom. The first-order valence-corrected chi connectivity index (χ1v) is 11.8. The van der Waals surface area contributed by atoms with E-state index in [4.69, 9.17) is 5.21 Å². The van der Waals surface area contributed by atoms with E-state index in [1.165, 1.54) is 35.8 Å². The van der Waals surface area contributed by atoms with E-state index in [0.29, 0.717) is 0 Å². The second-order valence-corrected chi connectivity index (χ2v) is 9.86. The summed E-state index contributed by atoms with van der Waals surface area (Å²) in [5.41, 5.74) is 3.84. The maximum Gasteiger partial charge on any atom is 0.274 e. The van der Waals surface area contributed by atoms with Gasteiger partial charge in [0.1, 0.15) is 6.04 Å². The molecule has 0 radical (unpaired) electrons. The lowest BCUT2D eigenvalue weighted by Gasteiger charge is -2.39. The molecule has 0 unspecified atom stereocenters. The van der Waals surface area contributed by atoms with E-state index >= 15 is 0 Å². The van der Waals surface area contributed by atoms with Crippen LogP contribution in [0.15, 0.2) is 77.7 Å². The van der Waals surface area contributed by atoms with Crippen molar-refractivity contribution in [1.82, 2.24) is 5.48 Å². The summed E-state index contributed by atoms with van der Waals surface area (Å²) in [6.45, 7) is 3.54. The summed E-state index contributed by atoms with van der Waals surface area (Å²) in [5, 5.41) is 11.6. The molecule has 9 heteroatoms. The Labute approximate surface area is 191 Å². The predicted octanol–water partition coefficient (Wildman–Crippen LogP) is 3.64. The van der Waals surface area contributed by atoms with Crippen molar-refractivity contribution in [3.05, 3.63) is 78.4 Å². The van der Waals surface area contributed by atoms with Crippen molar-refractivity contribution in [3.63, 3.8) is 0 Å². The molecular weight excluding hydrogens is 442 g/mol. The number of carbonyl (C=O) groups is 2. The Hall–Kier alpha value is -3.69. The lowest BCUT2D eigenvalue weighted by molar-refractivity contribution is -0.118. The zero-order valence-electron chi connectivity index (χ0n) is 18.0. The number of nitrogens with zero attached hydrogens (tertiary/aromatic N) is 1. The summed E-state index contributed by atoms with van der Waals surface area (Å²) >= 11 is 0. The summed E-state index contributed by atoms with van der Waals surface area (Å²) in [7, 11) is -4.12. The molecule has 1 aliphatic rings. The topological polar surface area (TPSA) is 116 Å². The number of rotatable bonds is 5. The van der Waals surface area contributed by atoms with Gasteiger partial charge in [-0.1, -0.05) is 56.3 Å². The van der Waals surface area contributed by atoms with Crippen molar-refractivity contribution in [1.29, 1.82) is 0 Å². The van der Waals surface area contributed by atoms with Gasteiger partial charge in [0.2, 0.25) is 5.91 Å². The molecule has 0 saturated carbocycles. The molecule has 8 nitrogen and oxygen atoms in total. The third-order valence-electron chi connectivity index (χ3n) is 5.53. The SMILES string of the molecule is CC(C)[C@H]1C(=O)Nc2cc(C(=O)NO)ccc2N1S(=O)(=O)c1ccc(-c2ccccc2)cc1. The summed E-state index contributed by atoms with van der Waals surface area (Å²) < 4.78 is 28.6. The Bertz CT molecular complexity index is 1310. The smallest absolute Gasteiger partial charge is 0.274 e. The van der Waals surface area contributed by atoms with Crippen molar-refractivity contribution in [2.45, 2.75) is 24.8 Å². The number of fused-ring (bicyclic) bond motifs is 1. The van der Waals surface area contributed by atoms with E-state index in [2.05, 4.69) is 5.32 Å². The molecule has 0 saturated heterocycles. The third kappa shape index (κ3) is 4.08. The van der Waals surface area contributed by atoms with Crippen LogP contribution in [-0.2, 0) is 14.8 Å². The standard InChI is InChI=1S/C24H23N3O5S/c1-15(2)22-24(29)25-20-14-18(23(28)26-30)10-13-21(20)27(22)33(31,32)19-11-8-17(9-12-19)16-6-4-3-5-7-16/h3-15,22,30H,1-2H3,(H,25,29)(H,26,28)/t22-/m0/s1. The van der Waals surface area contributed by atoms with Crippen LogP contribution >= 0.6 is 0 Å². The van der Waals surface area contributed by atoms with Gasteiger partial charge < -0.3 is 5.32 Å². The maximum atomic E-state index is 13.8. The van der Waals surface area contributed by atoms with E-state index in [0.717, 1.165) is 15.4 Å². The first kappa shape index (κ1) is 22.5. The summed E-state index contributed by atoms with van der Waals surface area (Å²) in [6, 6.07) is 19.3. The van der Waals surface area contributed by atoms with Gasteiger partial charge in [0.05, 0.1) is 16.3 Å². The molecule has 3 aromatic carbocycles. The van der Waals surface area contributed by atoms with Crippen LogP contribution in [-0.4, -0.2) is 31.5 Å². The van der Waals surface area contributed by atoms with E-state index in [-0.39, 0.29) is 27.8 Å². The summed E-state index contributed by atoms with van der Waals surface area (Å²) in [4.78, 5) is 24.8. The Morgan fingerprint density at radius 2 is 1.64 bits per heavy atom. The molecule has 1 atom stereocenters. The lowest BCUT2D eigenvalue weighted by atomic mass is 9.99. The van der Waals surface area contributed by atoms with Crippen LogP contribution < -0.4 is 15.1 Å². The van der Waals surface area contributed by atoms with Gasteiger partial charge in [0, 0.05) is 5.56 Å². The van der Waals surface area contributed by atoms with Crippen LogP contribution in [0, 0.1) is 5.92 Å². The molecule has 3 aromatic rings. The van der Waals surface area contributed by atoms with E-state index < -0.39 is 27.9 Å². The molecule has 2 amide bonds. The van der Waals surface area contributed by atoms with Crippen molar-refractivity contribution >= 4 is 33.2 Å². The van der Waals surface area contributed by atoms with Crippen LogP contribution in [0.4, 0.5) is 11.4 Å². The first-order chi connectivity index (χ1) is 15.7. The van der Waals surface area contributed by atoms with E-state index in [1.807, 2.05) is 30.3 Å². The molecule has 3 N–H and O–H groups in total. The first-order valence-electron chi connectivity index (χ1n) is 10.3. The zero-order valence-corrected chi connectivity index (χ0v) is 18.8. The summed E-state index contributed by atoms with van der Waals surface area (Å²) in [6.07, 6.45) is 0. The van der Waals surface area contributed by atoms with E-state index in [1.54, 1.807) is 26.0 Å². The minimum absolute atomic E-state index is 0.0469. The van der Waals surface area contributed by atoms with Crippen molar-refractivity contribution in [3.8, 4) is 11.1 Å². The highest BCUT2D eigenvalue weighted by Gasteiger charge is 2.42. The largest absolute Gasteiger partial charge is 0.322 e. The number of hydroxylamine groups is 1. The third-order valence-corrected chi connectivity index (χ3v) is 7.34. The fraction of sp³-hybridized carbons (Fsp3) is 0.167. The number of carbonyl (C=O) groups excluding carboxylic acids is 2. The van der Waals surface area contributed by atoms with Gasteiger partial charge in [-0.2, -0.15) is 0 Å². The molecule has 170 valence electrons. The molecule has 0 aromatic heterocycles. The summed E-state index contributed by atoms with van der Waals surface area (Å²) in [5.74, 6) is -1.59. The van der Waals surface area contributed by atoms with Crippen LogP contribution in [0.5, 0.6) is 0 Å². The minimum atomic E-state index is -4.12. The van der Waals surface area contributed by atoms with Crippen LogP contribution in [0.3, 0.4) is 0 Å². The highest BCUT2D eigenvalue weighted by atomic mass is 32.2. The lowest BCUT2D eigenvalue weighted by Crippen LogP contribution is -2.53. The highest BCUT2D eigenvalue weighted by molar-refractivity contribution is 7.93. The fourth-order valence-corrected chi connectivity index (χ4v) is 5.68. The Balaban J connectivity index is 1.81. The number of hydrogen-bond acceptors (Lipinski definition) is 5. The predicted molar refractivity (Wildman–Crippen MR) is 124 cm³/mol. The van der Waals surface area contributed by atoms with Gasteiger partial charge in [-0.05, 0) is 47.4 Å². The number of hydrogen-bond donors (Lipinski definition) is 3. The molecule has 1 heterocycles. The molecule has 0 spiro atoms. The average molecular weight is 466 g/mol. The highest BCUT2D eigenvalue weighted by Crippen LogP contribution is 2.39. The van der Waals surface area contributed by atoms with Crippen molar-refractivity contribution in [2.24, 2.45) is 5.92 Å². The Kier molecular flexibility index (Phi) is 5.92. The van der Waals surface area contributed by atoms with Gasteiger partial charge in [0.25, 0.3) is 15.9 Å².